The van der Waals surface area contributed by atoms with Crippen molar-refractivity contribution in [2.45, 2.75) is 127 Å². The molecule has 5 nitrogen and oxygen atoms in total. The number of carbonyl (C=O) groups is 2. The molecule has 0 unspecified atom stereocenters. The van der Waals surface area contributed by atoms with E-state index in [9.17, 15) is 22.8 Å². The van der Waals surface area contributed by atoms with E-state index in [-0.39, 0.29) is 5.56 Å². The molecule has 0 aliphatic carbocycles. The first kappa shape index (κ1) is 44.0. The lowest BCUT2D eigenvalue weighted by Gasteiger charge is -2.32. The zero-order chi connectivity index (χ0) is 36.8. The Hall–Kier alpha value is -4.01. The van der Waals surface area contributed by atoms with Gasteiger partial charge in [-0.1, -0.05) is 130 Å². The Bertz CT molecular complexity index is 1290. The summed E-state index contributed by atoms with van der Waals surface area (Å²) in [4.78, 5) is 23.6. The monoisotopic (exact) mass is 696 g/mol. The molecule has 50 heavy (non-hydrogen) atoms. The van der Waals surface area contributed by atoms with E-state index >= 15 is 0 Å². The Morgan fingerprint density at radius 2 is 1.24 bits per heavy atom. The highest BCUT2D eigenvalue weighted by molar-refractivity contribution is 5.88. The smallest absolute Gasteiger partial charge is 0.432 e. The van der Waals surface area contributed by atoms with Crippen molar-refractivity contribution in [2.75, 3.05) is 14.2 Å². The first-order chi connectivity index (χ1) is 24.2. The number of esters is 2. The van der Waals surface area contributed by atoms with Gasteiger partial charge in [0.25, 0.3) is 5.60 Å². The number of unbranched alkanes of at least 4 members (excludes halogenated alkanes) is 14. The topological polar surface area (TPSA) is 61.8 Å². The summed E-state index contributed by atoms with van der Waals surface area (Å²) < 4.78 is 56.4. The van der Waals surface area contributed by atoms with Crippen molar-refractivity contribution in [1.29, 1.82) is 0 Å². The molecule has 0 aliphatic heterocycles. The van der Waals surface area contributed by atoms with Crippen molar-refractivity contribution >= 4 is 11.9 Å². The maximum absolute atomic E-state index is 14.1. The number of rotatable bonds is 25. The maximum Gasteiger partial charge on any atom is 0.432 e. The number of halogens is 3. The van der Waals surface area contributed by atoms with Gasteiger partial charge >= 0.3 is 18.1 Å². The van der Waals surface area contributed by atoms with E-state index in [4.69, 9.17) is 15.9 Å². The number of allylic oxidation sites excluding steroid dienone is 7. The van der Waals surface area contributed by atoms with E-state index in [1.807, 2.05) is 6.08 Å². The molecule has 0 saturated carbocycles. The van der Waals surface area contributed by atoms with Gasteiger partial charge in [-0.2, -0.15) is 13.2 Å². The summed E-state index contributed by atoms with van der Waals surface area (Å²) >= 11 is 0. The van der Waals surface area contributed by atoms with Crippen LogP contribution in [0.25, 0.3) is 0 Å². The summed E-state index contributed by atoms with van der Waals surface area (Å²) in [6.45, 7) is 0. The van der Waals surface area contributed by atoms with Gasteiger partial charge in [-0.15, -0.1) is 6.42 Å². The lowest BCUT2D eigenvalue weighted by Crippen LogP contribution is -2.52. The fourth-order valence-corrected chi connectivity index (χ4v) is 5.20. The van der Waals surface area contributed by atoms with Crippen LogP contribution in [0, 0.1) is 24.2 Å². The third-order valence-corrected chi connectivity index (χ3v) is 8.03. The molecule has 1 rings (SSSR count). The molecule has 0 heterocycles. The summed E-state index contributed by atoms with van der Waals surface area (Å²) in [5, 5.41) is 0. The van der Waals surface area contributed by atoms with Crippen molar-refractivity contribution in [1.82, 2.24) is 0 Å². The van der Waals surface area contributed by atoms with Crippen LogP contribution in [0.15, 0.2) is 78.9 Å². The van der Waals surface area contributed by atoms with E-state index in [0.717, 1.165) is 58.5 Å². The molecule has 0 aliphatic rings. The molecule has 0 aromatic heterocycles. The van der Waals surface area contributed by atoms with Crippen LogP contribution in [0.5, 0.6) is 0 Å². The molecule has 1 aromatic carbocycles. The third-order valence-electron chi connectivity index (χ3n) is 8.03. The molecule has 2 atom stereocenters. The van der Waals surface area contributed by atoms with E-state index < -0.39 is 29.8 Å². The van der Waals surface area contributed by atoms with Crippen LogP contribution in [-0.4, -0.2) is 38.4 Å². The normalized spacial score (nSPS) is 13.7. The minimum Gasteiger partial charge on any atom is -0.459 e. The Kier molecular flexibility index (Phi) is 24.4. The molecule has 1 aromatic rings. The number of carbonyl (C=O) groups excluding carboxylic acids is 2. The number of terminal acetylenes is 1. The number of hydrogen-bond donors (Lipinski definition) is 0. The summed E-state index contributed by atoms with van der Waals surface area (Å²) in [6.07, 6.45) is 34.0. The van der Waals surface area contributed by atoms with E-state index in [2.05, 4.69) is 46.8 Å². The number of benzene rings is 1. The second-order valence-electron chi connectivity index (χ2n) is 11.9. The summed E-state index contributed by atoms with van der Waals surface area (Å²) in [5.41, 5.74) is -3.65. The third kappa shape index (κ3) is 18.7. The Morgan fingerprint density at radius 1 is 0.740 bits per heavy atom. The molecule has 0 bridgehead atoms. The number of methoxy groups -OCH3 is 2. The summed E-state index contributed by atoms with van der Waals surface area (Å²) in [6, 6.07) is 6.66. The van der Waals surface area contributed by atoms with Crippen molar-refractivity contribution in [3.8, 4) is 24.2 Å². The summed E-state index contributed by atoms with van der Waals surface area (Å²) in [5.74, 6) is 5.16. The van der Waals surface area contributed by atoms with Crippen LogP contribution < -0.4 is 0 Å². The van der Waals surface area contributed by atoms with E-state index in [0.29, 0.717) is 6.42 Å². The minimum atomic E-state index is -5.05. The second-order valence-corrected chi connectivity index (χ2v) is 11.9. The highest BCUT2D eigenvalue weighted by atomic mass is 19.4. The van der Waals surface area contributed by atoms with Crippen LogP contribution in [0.3, 0.4) is 0 Å². The number of alkyl halides is 3. The van der Waals surface area contributed by atoms with Gasteiger partial charge in [-0.25, -0.2) is 9.59 Å². The molecule has 8 heteroatoms. The van der Waals surface area contributed by atoms with Gasteiger partial charge < -0.3 is 14.2 Å². The number of hydrogen-bond acceptors (Lipinski definition) is 5. The standard InChI is InChI=1S/C42H55F3O5/c1-4-38(50-40(47)41(49-3,42(43,44)45)37-33-29-28-30-34-37)35-31-26-24-22-20-18-16-14-12-10-8-6-5-7-9-11-13-15-17-19-21-23-25-27-32-36-39(46)48-2/h1,8,10,14,16,25,27-31,33-35,38H,5-7,9,11-13,15,17-24,26H2,2-3H3/b10-8-,16-14-,27-25-,35-31+/t38-,41-/m0/s1. The molecule has 0 amide bonds. The molecule has 0 radical (unpaired) electrons. The first-order valence-electron chi connectivity index (χ1n) is 17.8. The second kappa shape index (κ2) is 27.8. The van der Waals surface area contributed by atoms with Gasteiger partial charge in [-0.05, 0) is 69.9 Å². The molecule has 0 saturated heterocycles. The minimum absolute atomic E-state index is 0.380. The predicted molar refractivity (Wildman–Crippen MR) is 195 cm³/mol. The maximum atomic E-state index is 14.1. The molecule has 0 N–H and O–H groups in total. The average molecular weight is 697 g/mol. The van der Waals surface area contributed by atoms with Gasteiger partial charge in [0.1, 0.15) is 0 Å². The zero-order valence-electron chi connectivity index (χ0n) is 29.9. The van der Waals surface area contributed by atoms with Crippen LogP contribution in [0.1, 0.15) is 115 Å². The van der Waals surface area contributed by atoms with Gasteiger partial charge in [0.15, 0.2) is 6.10 Å². The Balaban J connectivity index is 2.08. The number of ether oxygens (including phenoxy) is 3. The Labute approximate surface area is 298 Å². The Morgan fingerprint density at radius 3 is 1.74 bits per heavy atom. The van der Waals surface area contributed by atoms with Crippen molar-refractivity contribution in [2.24, 2.45) is 0 Å². The van der Waals surface area contributed by atoms with Crippen molar-refractivity contribution in [3.05, 3.63) is 84.5 Å². The van der Waals surface area contributed by atoms with E-state index in [1.54, 1.807) is 18.2 Å². The quantitative estimate of drug-likeness (QED) is 0.0335. The van der Waals surface area contributed by atoms with Gasteiger partial charge in [-0.3, -0.25) is 0 Å². The van der Waals surface area contributed by atoms with Crippen molar-refractivity contribution in [3.63, 3.8) is 0 Å². The van der Waals surface area contributed by atoms with Crippen LogP contribution in [0.4, 0.5) is 13.2 Å². The zero-order valence-corrected chi connectivity index (χ0v) is 29.9. The fourth-order valence-electron chi connectivity index (χ4n) is 5.20. The average Bonchev–Trinajstić information content (AvgIpc) is 3.10. The molecule has 274 valence electrons. The highest BCUT2D eigenvalue weighted by Gasteiger charge is 2.64. The van der Waals surface area contributed by atoms with Crippen LogP contribution in [-0.2, 0) is 29.4 Å². The molecular weight excluding hydrogens is 641 g/mol. The first-order valence-corrected chi connectivity index (χ1v) is 17.8. The lowest BCUT2D eigenvalue weighted by molar-refractivity contribution is -0.276. The van der Waals surface area contributed by atoms with Gasteiger partial charge in [0.2, 0.25) is 0 Å². The molecular formula is C42H55F3O5. The molecule has 0 fully saturated rings. The largest absolute Gasteiger partial charge is 0.459 e. The van der Waals surface area contributed by atoms with Crippen molar-refractivity contribution < 1.29 is 37.0 Å². The predicted octanol–water partition coefficient (Wildman–Crippen LogP) is 10.7. The lowest BCUT2D eigenvalue weighted by atomic mass is 9.92. The van der Waals surface area contributed by atoms with Gasteiger partial charge in [0, 0.05) is 18.6 Å². The molecule has 0 spiro atoms. The SMILES string of the molecule is C#C[C@@H](/C=C/CCCCC/C=C\C/C=C\CCCCCCCCCCC/C=C\C#CC(=O)OC)OC(=O)[C@@](OC)(c1ccccc1)C(F)(F)F. The van der Waals surface area contributed by atoms with Gasteiger partial charge in [0.05, 0.1) is 7.11 Å². The van der Waals surface area contributed by atoms with Crippen LogP contribution in [0.2, 0.25) is 0 Å². The highest BCUT2D eigenvalue weighted by Crippen LogP contribution is 2.43. The van der Waals surface area contributed by atoms with E-state index in [1.165, 1.54) is 88.8 Å². The summed E-state index contributed by atoms with van der Waals surface area (Å²) in [7, 11) is 2.14. The fraction of sp³-hybridized carbons (Fsp3) is 0.524. The van der Waals surface area contributed by atoms with Crippen LogP contribution >= 0.6 is 0 Å².